The van der Waals surface area contributed by atoms with Crippen LogP contribution >= 0.6 is 0 Å². The summed E-state index contributed by atoms with van der Waals surface area (Å²) in [6, 6.07) is 7.79. The van der Waals surface area contributed by atoms with Crippen LogP contribution in [0.2, 0.25) is 0 Å². The lowest BCUT2D eigenvalue weighted by molar-refractivity contribution is 0.0859. The second-order valence-corrected chi connectivity index (χ2v) is 7.26. The number of carbonyl (C=O) groups is 2. The standard InChI is InChI=1S/C19H24N6O2/c1-23(2)19(27)24-10-8-14-16(11-24)22-25(17(14)20)18(26)13-7-9-21-15-6-4-3-5-12(13)15/h3-6,13,21H,7-11,20H2,1-2H3. The van der Waals surface area contributed by atoms with E-state index in [1.165, 1.54) is 4.68 Å². The maximum atomic E-state index is 13.2. The number of benzene rings is 1. The zero-order chi connectivity index (χ0) is 19.1. The Kier molecular flexibility index (Phi) is 4.25. The van der Waals surface area contributed by atoms with E-state index in [-0.39, 0.29) is 17.9 Å². The molecule has 2 aliphatic heterocycles. The number of carbonyl (C=O) groups excluding carboxylic acids is 2. The number of aromatic nitrogens is 2. The monoisotopic (exact) mass is 368 g/mol. The quantitative estimate of drug-likeness (QED) is 0.799. The van der Waals surface area contributed by atoms with Crippen LogP contribution < -0.4 is 11.1 Å². The highest BCUT2D eigenvalue weighted by molar-refractivity contribution is 5.90. The zero-order valence-electron chi connectivity index (χ0n) is 15.6. The smallest absolute Gasteiger partial charge is 0.319 e. The molecule has 0 fully saturated rings. The Bertz CT molecular complexity index is 904. The number of urea groups is 1. The number of nitrogens with two attached hydrogens (primary N) is 1. The normalized spacial score (nSPS) is 18.3. The van der Waals surface area contributed by atoms with E-state index >= 15 is 0 Å². The molecule has 1 aromatic carbocycles. The summed E-state index contributed by atoms with van der Waals surface area (Å²) in [5.41, 5.74) is 9.84. The lowest BCUT2D eigenvalue weighted by Gasteiger charge is -2.28. The van der Waals surface area contributed by atoms with Gasteiger partial charge in [0.1, 0.15) is 5.82 Å². The molecule has 1 aromatic heterocycles. The molecule has 142 valence electrons. The van der Waals surface area contributed by atoms with Gasteiger partial charge in [0.05, 0.1) is 18.2 Å². The molecule has 2 amide bonds. The van der Waals surface area contributed by atoms with Gasteiger partial charge in [0.25, 0.3) is 5.91 Å². The molecular weight excluding hydrogens is 344 g/mol. The molecule has 1 unspecified atom stereocenters. The van der Waals surface area contributed by atoms with Gasteiger partial charge in [-0.1, -0.05) is 18.2 Å². The fourth-order valence-corrected chi connectivity index (χ4v) is 3.90. The third-order valence-electron chi connectivity index (χ3n) is 5.32. The van der Waals surface area contributed by atoms with Crippen molar-refractivity contribution in [1.82, 2.24) is 19.6 Å². The van der Waals surface area contributed by atoms with Gasteiger partial charge in [-0.3, -0.25) is 4.79 Å². The van der Waals surface area contributed by atoms with Crippen LogP contribution in [0.4, 0.5) is 16.3 Å². The molecule has 2 aromatic rings. The second kappa shape index (κ2) is 6.61. The van der Waals surface area contributed by atoms with Crippen molar-refractivity contribution >= 4 is 23.4 Å². The van der Waals surface area contributed by atoms with Gasteiger partial charge in [-0.25, -0.2) is 4.79 Å². The molecule has 2 aliphatic rings. The van der Waals surface area contributed by atoms with Gasteiger partial charge in [-0.15, -0.1) is 0 Å². The number of nitrogens with zero attached hydrogens (tertiary/aromatic N) is 4. The van der Waals surface area contributed by atoms with E-state index < -0.39 is 0 Å². The Morgan fingerprint density at radius 2 is 2.07 bits per heavy atom. The summed E-state index contributed by atoms with van der Waals surface area (Å²) in [5, 5.41) is 7.83. The Labute approximate surface area is 157 Å². The summed E-state index contributed by atoms with van der Waals surface area (Å²) in [6.45, 7) is 1.68. The molecule has 4 rings (SSSR count). The third kappa shape index (κ3) is 2.90. The summed E-state index contributed by atoms with van der Waals surface area (Å²) in [4.78, 5) is 28.7. The first-order chi connectivity index (χ1) is 13.0. The third-order valence-corrected chi connectivity index (χ3v) is 5.32. The summed E-state index contributed by atoms with van der Waals surface area (Å²) in [7, 11) is 3.45. The lowest BCUT2D eigenvalue weighted by atomic mass is 9.90. The number of rotatable bonds is 1. The first-order valence-electron chi connectivity index (χ1n) is 9.17. The van der Waals surface area contributed by atoms with Gasteiger partial charge in [-0.2, -0.15) is 9.78 Å². The van der Waals surface area contributed by atoms with E-state index in [2.05, 4.69) is 10.4 Å². The topological polar surface area (TPSA) is 96.5 Å². The summed E-state index contributed by atoms with van der Waals surface area (Å²) >= 11 is 0. The highest BCUT2D eigenvalue weighted by Crippen LogP contribution is 2.34. The predicted molar refractivity (Wildman–Crippen MR) is 103 cm³/mol. The van der Waals surface area contributed by atoms with Gasteiger partial charge in [0.15, 0.2) is 0 Å². The minimum Gasteiger partial charge on any atom is -0.385 e. The van der Waals surface area contributed by atoms with Crippen LogP contribution in [0.15, 0.2) is 24.3 Å². The number of anilines is 2. The molecule has 3 N–H and O–H groups in total. The summed E-state index contributed by atoms with van der Waals surface area (Å²) in [5.74, 6) is 0.0231. The minimum absolute atomic E-state index is 0.0626. The molecule has 0 radical (unpaired) electrons. The highest BCUT2D eigenvalue weighted by atomic mass is 16.2. The SMILES string of the molecule is CN(C)C(=O)N1CCc2c(nn(C(=O)C3CCNc4ccccc43)c2N)C1. The molecule has 0 saturated carbocycles. The first kappa shape index (κ1) is 17.4. The first-order valence-corrected chi connectivity index (χ1v) is 9.17. The number of hydrogen-bond donors (Lipinski definition) is 2. The van der Waals surface area contributed by atoms with Crippen molar-refractivity contribution in [3.05, 3.63) is 41.1 Å². The van der Waals surface area contributed by atoms with Crippen molar-refractivity contribution < 1.29 is 9.59 Å². The Morgan fingerprint density at radius 1 is 1.30 bits per heavy atom. The molecule has 8 nitrogen and oxygen atoms in total. The Balaban J connectivity index is 1.63. The number of amides is 2. The van der Waals surface area contributed by atoms with Gasteiger partial charge < -0.3 is 20.9 Å². The number of para-hydroxylation sites is 1. The van der Waals surface area contributed by atoms with Crippen LogP contribution in [0.5, 0.6) is 0 Å². The average Bonchev–Trinajstić information content (AvgIpc) is 3.02. The van der Waals surface area contributed by atoms with Crippen molar-refractivity contribution in [2.24, 2.45) is 0 Å². The van der Waals surface area contributed by atoms with Gasteiger partial charge in [-0.05, 0) is 24.5 Å². The molecule has 0 bridgehead atoms. The van der Waals surface area contributed by atoms with Gasteiger partial charge >= 0.3 is 6.03 Å². The predicted octanol–water partition coefficient (Wildman–Crippen LogP) is 1.74. The molecule has 8 heteroatoms. The fourth-order valence-electron chi connectivity index (χ4n) is 3.90. The number of nitrogen functional groups attached to an aromatic ring is 1. The highest BCUT2D eigenvalue weighted by Gasteiger charge is 2.33. The number of hydrogen-bond acceptors (Lipinski definition) is 5. The Morgan fingerprint density at radius 3 is 2.85 bits per heavy atom. The van der Waals surface area contributed by atoms with Crippen LogP contribution in [0.3, 0.4) is 0 Å². The maximum Gasteiger partial charge on any atom is 0.319 e. The minimum atomic E-state index is -0.273. The largest absolute Gasteiger partial charge is 0.385 e. The van der Waals surface area contributed by atoms with Crippen molar-refractivity contribution in [3.8, 4) is 0 Å². The molecule has 0 saturated heterocycles. The van der Waals surface area contributed by atoms with Gasteiger partial charge in [0, 0.05) is 38.4 Å². The van der Waals surface area contributed by atoms with Crippen LogP contribution in [0.1, 0.15) is 34.0 Å². The second-order valence-electron chi connectivity index (χ2n) is 7.26. The molecule has 1 atom stereocenters. The fraction of sp³-hybridized carbons (Fsp3) is 0.421. The maximum absolute atomic E-state index is 13.2. The van der Waals surface area contributed by atoms with Crippen LogP contribution in [-0.2, 0) is 13.0 Å². The molecule has 27 heavy (non-hydrogen) atoms. The Hall–Kier alpha value is -3.03. The van der Waals surface area contributed by atoms with E-state index in [0.29, 0.717) is 37.4 Å². The van der Waals surface area contributed by atoms with Crippen molar-refractivity contribution in [1.29, 1.82) is 0 Å². The molecule has 0 spiro atoms. The average molecular weight is 368 g/mol. The van der Waals surface area contributed by atoms with Crippen LogP contribution in [0.25, 0.3) is 0 Å². The van der Waals surface area contributed by atoms with E-state index in [9.17, 15) is 9.59 Å². The molecule has 3 heterocycles. The van der Waals surface area contributed by atoms with Crippen LogP contribution in [0, 0.1) is 0 Å². The van der Waals surface area contributed by atoms with Crippen molar-refractivity contribution in [2.75, 3.05) is 38.2 Å². The van der Waals surface area contributed by atoms with Gasteiger partial charge in [0.2, 0.25) is 0 Å². The zero-order valence-corrected chi connectivity index (χ0v) is 15.6. The van der Waals surface area contributed by atoms with Crippen LogP contribution in [-0.4, -0.2) is 58.7 Å². The number of fused-ring (bicyclic) bond motifs is 2. The lowest BCUT2D eigenvalue weighted by Crippen LogP contribution is -2.42. The van der Waals surface area contributed by atoms with Crippen molar-refractivity contribution in [3.63, 3.8) is 0 Å². The van der Waals surface area contributed by atoms with E-state index in [1.807, 2.05) is 24.3 Å². The summed E-state index contributed by atoms with van der Waals surface area (Å²) in [6.07, 6.45) is 1.31. The van der Waals surface area contributed by atoms with E-state index in [0.717, 1.165) is 23.4 Å². The van der Waals surface area contributed by atoms with Crippen molar-refractivity contribution in [2.45, 2.75) is 25.3 Å². The molecular formula is C19H24N6O2. The van der Waals surface area contributed by atoms with E-state index in [4.69, 9.17) is 5.73 Å². The van der Waals surface area contributed by atoms with E-state index in [1.54, 1.807) is 23.9 Å². The molecule has 0 aliphatic carbocycles. The summed E-state index contributed by atoms with van der Waals surface area (Å²) < 4.78 is 1.35. The number of nitrogens with one attached hydrogen (secondary N) is 1.